The monoisotopic (exact) mass is 346 g/mol. The van der Waals surface area contributed by atoms with Crippen molar-refractivity contribution >= 4 is 0 Å². The summed E-state index contributed by atoms with van der Waals surface area (Å²) in [5, 5.41) is 9.88. The van der Waals surface area contributed by atoms with Crippen LogP contribution in [-0.4, -0.2) is 32.5 Å². The maximum atomic E-state index is 13.1. The molecule has 4 nitrogen and oxygen atoms in total. The summed E-state index contributed by atoms with van der Waals surface area (Å²) in [6.45, 7) is 0.585. The summed E-state index contributed by atoms with van der Waals surface area (Å²) in [6, 6.07) is 12.1. The van der Waals surface area contributed by atoms with Gasteiger partial charge in [-0.15, -0.1) is 0 Å². The molecule has 1 saturated heterocycles. The Morgan fingerprint density at radius 2 is 1.80 bits per heavy atom. The van der Waals surface area contributed by atoms with E-state index in [-0.39, 0.29) is 30.4 Å². The van der Waals surface area contributed by atoms with Crippen molar-refractivity contribution in [1.29, 1.82) is 0 Å². The van der Waals surface area contributed by atoms with Gasteiger partial charge in [0.1, 0.15) is 5.82 Å². The lowest BCUT2D eigenvalue weighted by Gasteiger charge is -2.21. The summed E-state index contributed by atoms with van der Waals surface area (Å²) < 4.78 is 29.7. The van der Waals surface area contributed by atoms with Gasteiger partial charge in [0.15, 0.2) is 11.5 Å². The van der Waals surface area contributed by atoms with E-state index in [1.54, 1.807) is 26.4 Å². The van der Waals surface area contributed by atoms with Crippen LogP contribution < -0.4 is 9.47 Å². The zero-order chi connectivity index (χ0) is 17.8. The first-order valence-electron chi connectivity index (χ1n) is 8.35. The molecule has 1 N–H and O–H groups in total. The van der Waals surface area contributed by atoms with Gasteiger partial charge in [0.05, 0.1) is 26.9 Å². The molecule has 134 valence electrons. The highest BCUT2D eigenvalue weighted by Crippen LogP contribution is 2.40. The highest BCUT2D eigenvalue weighted by Gasteiger charge is 2.37. The van der Waals surface area contributed by atoms with E-state index in [1.165, 1.54) is 12.1 Å². The lowest BCUT2D eigenvalue weighted by molar-refractivity contribution is 0.0718. The van der Waals surface area contributed by atoms with Crippen molar-refractivity contribution in [1.82, 2.24) is 0 Å². The van der Waals surface area contributed by atoms with Crippen molar-refractivity contribution in [3.63, 3.8) is 0 Å². The van der Waals surface area contributed by atoms with Crippen LogP contribution in [0, 0.1) is 17.7 Å². The number of halogens is 1. The first-order valence-corrected chi connectivity index (χ1v) is 8.35. The number of rotatable bonds is 6. The average molecular weight is 346 g/mol. The van der Waals surface area contributed by atoms with Gasteiger partial charge in [0.2, 0.25) is 0 Å². The zero-order valence-electron chi connectivity index (χ0n) is 14.4. The second-order valence-corrected chi connectivity index (χ2v) is 6.31. The van der Waals surface area contributed by atoms with Gasteiger partial charge in [-0.05, 0) is 47.7 Å². The SMILES string of the molecule is COc1ccc(C[C@H]2COC(c3ccc(F)cc3)[C@H]2CO)cc1OC. The van der Waals surface area contributed by atoms with E-state index in [9.17, 15) is 9.50 Å². The van der Waals surface area contributed by atoms with Crippen molar-refractivity contribution in [3.8, 4) is 11.5 Å². The number of ether oxygens (including phenoxy) is 3. The molecule has 2 aromatic rings. The first-order chi connectivity index (χ1) is 12.2. The maximum Gasteiger partial charge on any atom is 0.160 e. The molecule has 2 aromatic carbocycles. The van der Waals surface area contributed by atoms with Crippen LogP contribution in [0.25, 0.3) is 0 Å². The lowest BCUT2D eigenvalue weighted by Crippen LogP contribution is -2.21. The fourth-order valence-corrected chi connectivity index (χ4v) is 3.48. The molecule has 0 saturated carbocycles. The molecule has 0 aromatic heterocycles. The van der Waals surface area contributed by atoms with Crippen molar-refractivity contribution in [2.24, 2.45) is 11.8 Å². The summed E-state index contributed by atoms with van der Waals surface area (Å²) in [5.41, 5.74) is 2.00. The van der Waals surface area contributed by atoms with Gasteiger partial charge in [0, 0.05) is 12.5 Å². The Kier molecular flexibility index (Phi) is 5.56. The van der Waals surface area contributed by atoms with E-state index in [4.69, 9.17) is 14.2 Å². The van der Waals surface area contributed by atoms with Crippen LogP contribution in [0.15, 0.2) is 42.5 Å². The Hall–Kier alpha value is -2.11. The molecular formula is C20H23FO4. The van der Waals surface area contributed by atoms with Crippen LogP contribution in [0.3, 0.4) is 0 Å². The number of aliphatic hydroxyl groups is 1. The second-order valence-electron chi connectivity index (χ2n) is 6.31. The lowest BCUT2D eigenvalue weighted by atomic mass is 9.84. The van der Waals surface area contributed by atoms with Crippen molar-refractivity contribution in [3.05, 3.63) is 59.4 Å². The fraction of sp³-hybridized carbons (Fsp3) is 0.400. The Morgan fingerprint density at radius 3 is 2.44 bits per heavy atom. The topological polar surface area (TPSA) is 47.9 Å². The largest absolute Gasteiger partial charge is 0.493 e. The van der Waals surface area contributed by atoms with Crippen molar-refractivity contribution < 1.29 is 23.7 Å². The van der Waals surface area contributed by atoms with Gasteiger partial charge >= 0.3 is 0 Å². The number of methoxy groups -OCH3 is 2. The Labute approximate surface area is 147 Å². The molecule has 1 heterocycles. The first kappa shape index (κ1) is 17.7. The van der Waals surface area contributed by atoms with Gasteiger partial charge in [-0.25, -0.2) is 4.39 Å². The molecule has 0 amide bonds. The standard InChI is InChI=1S/C20H23FO4/c1-23-18-8-3-13(10-19(18)24-2)9-15-12-25-20(17(15)11-22)14-4-6-16(21)7-5-14/h3-8,10,15,17,20,22H,9,11-12H2,1-2H3/t15-,17-,20?/m0/s1. The van der Waals surface area contributed by atoms with E-state index < -0.39 is 0 Å². The Morgan fingerprint density at radius 1 is 1.08 bits per heavy atom. The third-order valence-electron chi connectivity index (χ3n) is 4.84. The number of aliphatic hydroxyl groups excluding tert-OH is 1. The highest BCUT2D eigenvalue weighted by atomic mass is 19.1. The molecule has 25 heavy (non-hydrogen) atoms. The van der Waals surface area contributed by atoms with Crippen LogP contribution >= 0.6 is 0 Å². The molecule has 0 aliphatic carbocycles. The summed E-state index contributed by atoms with van der Waals surface area (Å²) in [5.74, 6) is 1.26. The minimum absolute atomic E-state index is 0.0278. The third kappa shape index (κ3) is 3.78. The highest BCUT2D eigenvalue weighted by molar-refractivity contribution is 5.43. The predicted molar refractivity (Wildman–Crippen MR) is 92.4 cm³/mol. The molecule has 1 unspecified atom stereocenters. The molecule has 1 aliphatic heterocycles. The summed E-state index contributed by atoms with van der Waals surface area (Å²) in [7, 11) is 3.22. The van der Waals surface area contributed by atoms with Gasteiger partial charge in [-0.1, -0.05) is 18.2 Å². The summed E-state index contributed by atoms with van der Waals surface area (Å²) in [4.78, 5) is 0. The van der Waals surface area contributed by atoms with Crippen LogP contribution in [0.4, 0.5) is 4.39 Å². The fourth-order valence-electron chi connectivity index (χ4n) is 3.48. The van der Waals surface area contributed by atoms with Gasteiger partial charge in [0.25, 0.3) is 0 Å². The molecule has 3 rings (SSSR count). The minimum Gasteiger partial charge on any atom is -0.493 e. The molecule has 0 bridgehead atoms. The van der Waals surface area contributed by atoms with E-state index in [0.717, 1.165) is 17.5 Å². The van der Waals surface area contributed by atoms with E-state index in [1.807, 2.05) is 18.2 Å². The van der Waals surface area contributed by atoms with Crippen LogP contribution in [0.2, 0.25) is 0 Å². The molecule has 0 spiro atoms. The second kappa shape index (κ2) is 7.85. The van der Waals surface area contributed by atoms with Crippen LogP contribution in [0.5, 0.6) is 11.5 Å². The van der Waals surface area contributed by atoms with Crippen molar-refractivity contribution in [2.75, 3.05) is 27.4 Å². The van der Waals surface area contributed by atoms with Crippen LogP contribution in [-0.2, 0) is 11.2 Å². The number of hydrogen-bond acceptors (Lipinski definition) is 4. The van der Waals surface area contributed by atoms with Gasteiger partial charge in [-0.3, -0.25) is 0 Å². The Balaban J connectivity index is 1.76. The minimum atomic E-state index is -0.274. The number of hydrogen-bond donors (Lipinski definition) is 1. The van der Waals surface area contributed by atoms with Crippen molar-refractivity contribution in [2.45, 2.75) is 12.5 Å². The third-order valence-corrected chi connectivity index (χ3v) is 4.84. The average Bonchev–Trinajstić information content (AvgIpc) is 3.04. The molecule has 5 heteroatoms. The predicted octanol–water partition coefficient (Wildman–Crippen LogP) is 3.38. The molecule has 1 fully saturated rings. The molecule has 3 atom stereocenters. The van der Waals surface area contributed by atoms with E-state index in [0.29, 0.717) is 18.1 Å². The maximum absolute atomic E-state index is 13.1. The van der Waals surface area contributed by atoms with E-state index in [2.05, 4.69) is 0 Å². The van der Waals surface area contributed by atoms with E-state index >= 15 is 0 Å². The van der Waals surface area contributed by atoms with Gasteiger partial charge < -0.3 is 19.3 Å². The molecule has 1 aliphatic rings. The molecular weight excluding hydrogens is 323 g/mol. The summed E-state index contributed by atoms with van der Waals surface area (Å²) in [6.07, 6.45) is 0.555. The molecule has 0 radical (unpaired) electrons. The normalized spacial score (nSPS) is 22.8. The Bertz CT molecular complexity index is 701. The summed E-state index contributed by atoms with van der Waals surface area (Å²) >= 11 is 0. The zero-order valence-corrected chi connectivity index (χ0v) is 14.4. The number of benzene rings is 2. The van der Waals surface area contributed by atoms with Crippen LogP contribution in [0.1, 0.15) is 17.2 Å². The van der Waals surface area contributed by atoms with Gasteiger partial charge in [-0.2, -0.15) is 0 Å². The smallest absolute Gasteiger partial charge is 0.160 e. The quantitative estimate of drug-likeness (QED) is 0.871.